The van der Waals surface area contributed by atoms with Crippen LogP contribution in [0, 0.1) is 5.82 Å². The van der Waals surface area contributed by atoms with Crippen LogP contribution in [0.25, 0.3) is 0 Å². The second-order valence-electron chi connectivity index (χ2n) is 7.99. The van der Waals surface area contributed by atoms with Crippen molar-refractivity contribution in [1.29, 1.82) is 0 Å². The molecule has 0 bridgehead atoms. The zero-order valence-electron chi connectivity index (χ0n) is 20.1. The average Bonchev–Trinajstić information content (AvgIpc) is 3.38. The molecule has 0 unspecified atom stereocenters. The van der Waals surface area contributed by atoms with Gasteiger partial charge in [0.25, 0.3) is 0 Å². The van der Waals surface area contributed by atoms with Gasteiger partial charge in [-0.2, -0.15) is 13.2 Å². The number of alkyl halides is 3. The number of hydrogen-bond acceptors (Lipinski definition) is 9. The second-order valence-corrected chi connectivity index (χ2v) is 8.85. The number of carboxylic acid groups (broad SMARTS) is 1. The molecule has 39 heavy (non-hydrogen) atoms. The van der Waals surface area contributed by atoms with Crippen LogP contribution < -0.4 is 10.8 Å². The molecule has 2 aromatic carbocycles. The normalized spacial score (nSPS) is 14.4. The molecule has 0 amide bonds. The van der Waals surface area contributed by atoms with Crippen molar-refractivity contribution in [3.05, 3.63) is 69.6 Å². The molecular formula is C23H23BrF4N6O5. The van der Waals surface area contributed by atoms with Crippen LogP contribution in [-0.4, -0.2) is 69.8 Å². The Morgan fingerprint density at radius 2 is 1.74 bits per heavy atom. The van der Waals surface area contributed by atoms with E-state index in [2.05, 4.69) is 53.6 Å². The monoisotopic (exact) mass is 618 g/mol. The molecule has 11 nitrogen and oxygen atoms in total. The topological polar surface area (TPSA) is 145 Å². The highest BCUT2D eigenvalue weighted by Crippen LogP contribution is 2.23. The third kappa shape index (κ3) is 9.27. The highest BCUT2D eigenvalue weighted by molar-refractivity contribution is 9.10. The zero-order chi connectivity index (χ0) is 28.4. The highest BCUT2D eigenvalue weighted by atomic mass is 79.9. The van der Waals surface area contributed by atoms with E-state index in [0.717, 1.165) is 38.4 Å². The van der Waals surface area contributed by atoms with E-state index < -0.39 is 18.0 Å². The Hall–Kier alpha value is -3.60. The zero-order valence-corrected chi connectivity index (χ0v) is 21.7. The van der Waals surface area contributed by atoms with Crippen molar-refractivity contribution in [3.63, 3.8) is 0 Å². The van der Waals surface area contributed by atoms with E-state index in [4.69, 9.17) is 19.3 Å². The summed E-state index contributed by atoms with van der Waals surface area (Å²) in [6.07, 6.45) is -5.08. The second kappa shape index (κ2) is 14.0. The molecule has 4 N–H and O–H groups in total. The molecular weight excluding hydrogens is 596 g/mol. The summed E-state index contributed by atoms with van der Waals surface area (Å²) in [6, 6.07) is 12.5. The van der Waals surface area contributed by atoms with Gasteiger partial charge >= 0.3 is 12.1 Å². The first kappa shape index (κ1) is 29.9. The maximum Gasteiger partial charge on any atom is 0.490 e. The molecule has 1 aromatic heterocycles. The van der Waals surface area contributed by atoms with E-state index >= 15 is 0 Å². The van der Waals surface area contributed by atoms with Crippen molar-refractivity contribution in [2.45, 2.75) is 19.3 Å². The summed E-state index contributed by atoms with van der Waals surface area (Å²) in [7, 11) is 0. The smallest absolute Gasteiger partial charge is 0.475 e. The first-order chi connectivity index (χ1) is 18.6. The molecule has 1 aliphatic rings. The number of ether oxygens (including phenoxy) is 1. The number of amidine groups is 1. The van der Waals surface area contributed by atoms with Crippen LogP contribution >= 0.6 is 15.9 Å². The number of benzene rings is 2. The average molecular weight is 619 g/mol. The summed E-state index contributed by atoms with van der Waals surface area (Å²) < 4.78 is 55.6. The number of hydroxylamine groups is 1. The Morgan fingerprint density at radius 1 is 1.10 bits per heavy atom. The van der Waals surface area contributed by atoms with Crippen molar-refractivity contribution >= 4 is 39.2 Å². The molecule has 0 radical (unpaired) electrons. The number of anilines is 1. The minimum atomic E-state index is -5.08. The molecule has 0 atom stereocenters. The molecule has 0 saturated carbocycles. The molecule has 4 rings (SSSR count). The molecule has 3 aromatic rings. The molecule has 1 fully saturated rings. The molecule has 0 spiro atoms. The lowest BCUT2D eigenvalue weighted by Crippen LogP contribution is -2.35. The number of aliphatic imine (C=N–C) groups is 1. The number of nitrogens with one attached hydrogen (secondary N) is 2. The van der Waals surface area contributed by atoms with Gasteiger partial charge in [-0.1, -0.05) is 24.3 Å². The number of aliphatic carboxylic acids is 1. The summed E-state index contributed by atoms with van der Waals surface area (Å²) in [5, 5.41) is 27.5. The van der Waals surface area contributed by atoms with Gasteiger partial charge < -0.3 is 15.2 Å². The fourth-order valence-electron chi connectivity index (χ4n) is 3.24. The van der Waals surface area contributed by atoms with Crippen LogP contribution in [0.3, 0.4) is 0 Å². The van der Waals surface area contributed by atoms with Gasteiger partial charge in [-0.15, -0.1) is 0 Å². The van der Waals surface area contributed by atoms with Crippen molar-refractivity contribution in [2.75, 3.05) is 31.6 Å². The van der Waals surface area contributed by atoms with Crippen LogP contribution in [0.1, 0.15) is 16.8 Å². The quantitative estimate of drug-likeness (QED) is 0.132. The van der Waals surface area contributed by atoms with Crippen LogP contribution in [-0.2, 0) is 22.6 Å². The third-order valence-corrected chi connectivity index (χ3v) is 5.81. The predicted octanol–water partition coefficient (Wildman–Crippen LogP) is 4.11. The lowest BCUT2D eigenvalue weighted by molar-refractivity contribution is -0.192. The number of rotatable bonds is 7. The summed E-state index contributed by atoms with van der Waals surface area (Å²) >= 11 is 3.11. The number of aromatic nitrogens is 2. The van der Waals surface area contributed by atoms with E-state index in [-0.39, 0.29) is 16.0 Å². The van der Waals surface area contributed by atoms with Gasteiger partial charge in [0.05, 0.1) is 23.4 Å². The van der Waals surface area contributed by atoms with Gasteiger partial charge in [0, 0.05) is 26.2 Å². The summed E-state index contributed by atoms with van der Waals surface area (Å²) in [5.74, 6) is -2.85. The molecule has 16 heteroatoms. The van der Waals surface area contributed by atoms with Crippen molar-refractivity contribution in [3.8, 4) is 0 Å². The van der Waals surface area contributed by atoms with Crippen LogP contribution in [0.15, 0.2) is 56.6 Å². The number of carbonyl (C=O) groups is 1. The van der Waals surface area contributed by atoms with E-state index in [9.17, 15) is 22.8 Å². The number of morpholine rings is 1. The maximum absolute atomic E-state index is 13.4. The van der Waals surface area contributed by atoms with Gasteiger partial charge in [-0.05, 0) is 55.6 Å². The minimum absolute atomic E-state index is 0.00752. The number of hydrogen-bond donors (Lipinski definition) is 4. The maximum atomic E-state index is 13.4. The van der Waals surface area contributed by atoms with Crippen LogP contribution in [0.2, 0.25) is 0 Å². The van der Waals surface area contributed by atoms with Gasteiger partial charge in [-0.25, -0.2) is 18.8 Å². The SMILES string of the molecule is O=C(O)C(F)(F)F.ONC(=Nc1ccc(F)c(Br)c1)c1nonc1NCc1ccc(CN2CCOCC2)cc1. The fourth-order valence-corrected chi connectivity index (χ4v) is 3.61. The molecule has 2 heterocycles. The Bertz CT molecular complexity index is 1270. The number of nitrogens with zero attached hydrogens (tertiary/aromatic N) is 4. The Morgan fingerprint density at radius 3 is 2.33 bits per heavy atom. The summed E-state index contributed by atoms with van der Waals surface area (Å²) in [6.45, 7) is 4.83. The van der Waals surface area contributed by atoms with Crippen molar-refractivity contribution < 1.29 is 42.0 Å². The third-order valence-electron chi connectivity index (χ3n) is 5.20. The first-order valence-corrected chi connectivity index (χ1v) is 12.0. The van der Waals surface area contributed by atoms with E-state index in [0.29, 0.717) is 18.1 Å². The van der Waals surface area contributed by atoms with Gasteiger partial charge in [-0.3, -0.25) is 15.6 Å². The summed E-state index contributed by atoms with van der Waals surface area (Å²) in [4.78, 5) is 15.5. The number of carboxylic acids is 1. The van der Waals surface area contributed by atoms with E-state index in [1.807, 2.05) is 17.6 Å². The Balaban J connectivity index is 0.000000532. The first-order valence-electron chi connectivity index (χ1n) is 11.3. The van der Waals surface area contributed by atoms with Gasteiger partial charge in [0.2, 0.25) is 5.82 Å². The molecule has 0 aliphatic carbocycles. The standard InChI is InChI=1S/C21H22BrFN6O3.C2HF3O2/c22-17-11-16(5-6-18(17)23)25-21(26-30)19-20(28-32-27-19)24-12-14-1-3-15(4-2-14)13-29-7-9-31-10-8-29;3-2(4,5)1(6)7/h1-6,11,30H,7-10,12-13H2,(H,24,28)(H,25,26);(H,6,7). The molecule has 1 saturated heterocycles. The van der Waals surface area contributed by atoms with E-state index in [1.165, 1.54) is 23.8 Å². The lowest BCUT2D eigenvalue weighted by Gasteiger charge is -2.26. The van der Waals surface area contributed by atoms with Crippen molar-refractivity contribution in [2.24, 2.45) is 4.99 Å². The number of halogens is 5. The lowest BCUT2D eigenvalue weighted by atomic mass is 10.1. The van der Waals surface area contributed by atoms with Gasteiger partial charge in [0.15, 0.2) is 11.5 Å². The molecule has 1 aliphatic heterocycles. The van der Waals surface area contributed by atoms with E-state index in [1.54, 1.807) is 0 Å². The Kier molecular flexibility index (Phi) is 10.7. The summed E-state index contributed by atoms with van der Waals surface area (Å²) in [5.41, 5.74) is 4.87. The largest absolute Gasteiger partial charge is 0.490 e. The fraction of sp³-hybridized carbons (Fsp3) is 0.304. The van der Waals surface area contributed by atoms with Gasteiger partial charge in [0.1, 0.15) is 5.82 Å². The minimum Gasteiger partial charge on any atom is -0.475 e. The van der Waals surface area contributed by atoms with Crippen LogP contribution in [0.4, 0.5) is 29.1 Å². The molecule has 210 valence electrons. The van der Waals surface area contributed by atoms with Crippen molar-refractivity contribution in [1.82, 2.24) is 20.7 Å². The Labute approximate surface area is 227 Å². The highest BCUT2D eigenvalue weighted by Gasteiger charge is 2.38. The van der Waals surface area contributed by atoms with Crippen LogP contribution in [0.5, 0.6) is 0 Å². The predicted molar refractivity (Wildman–Crippen MR) is 133 cm³/mol.